The topological polar surface area (TPSA) is 154 Å². The molecular formula is C22H32N2O6. The molecule has 0 spiro atoms. The second-order valence-corrected chi connectivity index (χ2v) is 6.36. The van der Waals surface area contributed by atoms with Crippen molar-refractivity contribution in [2.45, 2.75) is 38.5 Å². The van der Waals surface area contributed by atoms with Crippen molar-refractivity contribution in [3.8, 4) is 0 Å². The summed E-state index contributed by atoms with van der Waals surface area (Å²) >= 11 is 0. The Morgan fingerprint density at radius 3 is 1.27 bits per heavy atom. The fourth-order valence-corrected chi connectivity index (χ4v) is 2.29. The van der Waals surface area contributed by atoms with Crippen LogP contribution in [0, 0.1) is 0 Å². The Labute approximate surface area is 177 Å². The van der Waals surface area contributed by atoms with E-state index in [9.17, 15) is 19.8 Å². The first-order valence-electron chi connectivity index (χ1n) is 9.88. The van der Waals surface area contributed by atoms with Gasteiger partial charge in [-0.05, 0) is 36.8 Å². The maximum atomic E-state index is 9.77. The number of hydrogen-bond donors (Lipinski definition) is 4. The fourth-order valence-electron chi connectivity index (χ4n) is 2.29. The highest BCUT2D eigenvalue weighted by atomic mass is 16.5. The van der Waals surface area contributed by atoms with Crippen LogP contribution in [0.25, 0.3) is 0 Å². The van der Waals surface area contributed by atoms with Crippen molar-refractivity contribution in [3.05, 3.63) is 71.8 Å². The third-order valence-electron chi connectivity index (χ3n) is 3.82. The Kier molecular flexibility index (Phi) is 17.7. The molecule has 2 aromatic carbocycles. The number of quaternary nitrogens is 2. The molecule has 0 fully saturated rings. The minimum Gasteiger partial charge on any atom is -0.550 e. The molecule has 0 aliphatic carbocycles. The Morgan fingerprint density at radius 1 is 0.667 bits per heavy atom. The van der Waals surface area contributed by atoms with Crippen LogP contribution >= 0.6 is 0 Å². The van der Waals surface area contributed by atoms with Crippen molar-refractivity contribution in [1.82, 2.24) is 0 Å². The molecule has 0 atom stereocenters. The molecule has 0 saturated heterocycles. The summed E-state index contributed by atoms with van der Waals surface area (Å²) in [5.41, 5.74) is 4.94. The van der Waals surface area contributed by atoms with Crippen molar-refractivity contribution in [1.29, 1.82) is 0 Å². The van der Waals surface area contributed by atoms with E-state index in [4.69, 9.17) is 10.4 Å². The first kappa shape index (κ1) is 27.2. The number of rotatable bonds is 11. The lowest BCUT2D eigenvalue weighted by Crippen LogP contribution is -2.81. The fraction of sp³-hybridized carbons (Fsp3) is 0.364. The Morgan fingerprint density at radius 2 is 1.00 bits per heavy atom. The molecule has 0 unspecified atom stereocenters. The Balaban J connectivity index is 0.000000420. The van der Waals surface area contributed by atoms with Gasteiger partial charge in [-0.3, -0.25) is 0 Å². The molecule has 0 saturated carbocycles. The number of carboxylic acids is 2. The van der Waals surface area contributed by atoms with Crippen LogP contribution in [0.1, 0.15) is 36.8 Å². The molecule has 2 aromatic rings. The van der Waals surface area contributed by atoms with Crippen LogP contribution in [0.3, 0.4) is 0 Å². The number of carboxylic acid groups (broad SMARTS) is 2. The smallest absolute Gasteiger partial charge is 0.109 e. The van der Waals surface area contributed by atoms with Crippen LogP contribution in [-0.2, 0) is 22.4 Å². The average molecular weight is 421 g/mol. The highest BCUT2D eigenvalue weighted by Crippen LogP contribution is 1.98. The summed E-state index contributed by atoms with van der Waals surface area (Å²) in [7, 11) is 0. The van der Waals surface area contributed by atoms with Gasteiger partial charge in [0.1, 0.15) is 13.1 Å². The molecule has 8 nitrogen and oxygen atoms in total. The van der Waals surface area contributed by atoms with E-state index >= 15 is 0 Å². The molecule has 166 valence electrons. The number of unbranched alkanes of at least 4 members (excludes halogenated alkanes) is 1. The van der Waals surface area contributed by atoms with Gasteiger partial charge in [0, 0.05) is 24.8 Å². The summed E-state index contributed by atoms with van der Waals surface area (Å²) in [5, 5.41) is 36.3. The zero-order valence-electron chi connectivity index (χ0n) is 17.1. The molecule has 0 aliphatic rings. The molecule has 6 N–H and O–H groups in total. The number of hydroxylamine groups is 2. The number of nitrogens with two attached hydrogens (primary N) is 2. The van der Waals surface area contributed by atoms with E-state index in [1.165, 1.54) is 22.1 Å². The largest absolute Gasteiger partial charge is 0.550 e. The first-order valence-corrected chi connectivity index (χ1v) is 9.88. The van der Waals surface area contributed by atoms with Gasteiger partial charge in [-0.1, -0.05) is 60.7 Å². The van der Waals surface area contributed by atoms with E-state index < -0.39 is 11.9 Å². The van der Waals surface area contributed by atoms with Crippen LogP contribution in [0.2, 0.25) is 0 Å². The third-order valence-corrected chi connectivity index (χ3v) is 3.82. The van der Waals surface area contributed by atoms with Crippen LogP contribution in [0.4, 0.5) is 0 Å². The second-order valence-electron chi connectivity index (χ2n) is 6.36. The van der Waals surface area contributed by atoms with Crippen LogP contribution in [-0.4, -0.2) is 35.4 Å². The van der Waals surface area contributed by atoms with Crippen molar-refractivity contribution >= 4 is 11.9 Å². The first-order chi connectivity index (χ1) is 14.5. The van der Waals surface area contributed by atoms with E-state index in [2.05, 4.69) is 24.3 Å². The molecule has 0 aliphatic heterocycles. The standard InChI is InChI=1S/2C8H11NO.C6H10O4/c2*10-9-7-6-8-4-2-1-3-5-8;7-5(8)3-1-2-4-6(9)10/h2*1-5,9-10H,6-7H2;1-4H2,(H,7,8)(H,9,10). The zero-order valence-corrected chi connectivity index (χ0v) is 17.1. The van der Waals surface area contributed by atoms with Gasteiger partial charge in [0.15, 0.2) is 0 Å². The number of hydrogen-bond acceptors (Lipinski definition) is 6. The van der Waals surface area contributed by atoms with E-state index in [0.717, 1.165) is 25.9 Å². The lowest BCUT2D eigenvalue weighted by Gasteiger charge is -2.01. The molecule has 30 heavy (non-hydrogen) atoms. The highest BCUT2D eigenvalue weighted by Gasteiger charge is 1.91. The summed E-state index contributed by atoms with van der Waals surface area (Å²) in [5.74, 6) is -2.28. The molecule has 8 heteroatoms. The lowest BCUT2D eigenvalue weighted by molar-refractivity contribution is -0.886. The van der Waals surface area contributed by atoms with E-state index in [1.807, 2.05) is 36.4 Å². The molecular weight excluding hydrogens is 388 g/mol. The number of carbonyl (C=O) groups is 2. The van der Waals surface area contributed by atoms with E-state index in [-0.39, 0.29) is 12.8 Å². The quantitative estimate of drug-likeness (QED) is 0.254. The molecule has 0 aromatic heterocycles. The predicted octanol–water partition coefficient (Wildman–Crippen LogP) is -1.59. The van der Waals surface area contributed by atoms with Gasteiger partial charge in [0.05, 0.1) is 0 Å². The molecule has 2 rings (SSSR count). The van der Waals surface area contributed by atoms with Gasteiger partial charge in [-0.15, -0.1) is 0 Å². The van der Waals surface area contributed by atoms with Gasteiger partial charge in [0.25, 0.3) is 0 Å². The SMILES string of the molecule is O=C([O-])CCCCC(=O)[O-].O[NH2+]CCc1ccccc1.O[NH2+]CCc1ccccc1. The van der Waals surface area contributed by atoms with E-state index in [0.29, 0.717) is 12.8 Å². The summed E-state index contributed by atoms with van der Waals surface area (Å²) < 4.78 is 0. The van der Waals surface area contributed by atoms with Crippen LogP contribution in [0.5, 0.6) is 0 Å². The molecule has 0 radical (unpaired) electrons. The summed E-state index contributed by atoms with van der Waals surface area (Å²) in [4.78, 5) is 19.5. The summed E-state index contributed by atoms with van der Waals surface area (Å²) in [6.45, 7) is 1.48. The maximum Gasteiger partial charge on any atom is 0.109 e. The number of aliphatic carboxylic acids is 2. The summed E-state index contributed by atoms with van der Waals surface area (Å²) in [6, 6.07) is 20.2. The number of benzene rings is 2. The van der Waals surface area contributed by atoms with Crippen molar-refractivity contribution in [2.75, 3.05) is 13.1 Å². The summed E-state index contributed by atoms with van der Waals surface area (Å²) in [6.07, 6.45) is 2.39. The van der Waals surface area contributed by atoms with Crippen molar-refractivity contribution in [3.63, 3.8) is 0 Å². The van der Waals surface area contributed by atoms with Crippen LogP contribution < -0.4 is 21.2 Å². The van der Waals surface area contributed by atoms with E-state index in [1.54, 1.807) is 0 Å². The van der Waals surface area contributed by atoms with Gasteiger partial charge in [0.2, 0.25) is 0 Å². The molecule has 0 heterocycles. The Hall–Kier alpha value is -2.78. The second kappa shape index (κ2) is 19.5. The van der Waals surface area contributed by atoms with Crippen LogP contribution in [0.15, 0.2) is 60.7 Å². The number of carbonyl (C=O) groups excluding carboxylic acids is 2. The predicted molar refractivity (Wildman–Crippen MR) is 106 cm³/mol. The third kappa shape index (κ3) is 18.6. The van der Waals surface area contributed by atoms with Gasteiger partial charge in [-0.25, -0.2) is 21.4 Å². The average Bonchev–Trinajstić information content (AvgIpc) is 2.76. The maximum absolute atomic E-state index is 9.77. The molecule has 0 amide bonds. The minimum atomic E-state index is -1.14. The minimum absolute atomic E-state index is 0.0761. The highest BCUT2D eigenvalue weighted by molar-refractivity contribution is 5.65. The lowest BCUT2D eigenvalue weighted by atomic mass is 10.2. The van der Waals surface area contributed by atoms with Gasteiger partial charge >= 0.3 is 0 Å². The normalized spacial score (nSPS) is 9.53. The molecule has 0 bridgehead atoms. The van der Waals surface area contributed by atoms with Crippen molar-refractivity contribution in [2.24, 2.45) is 0 Å². The van der Waals surface area contributed by atoms with Crippen molar-refractivity contribution < 1.29 is 41.2 Å². The zero-order chi connectivity index (χ0) is 22.5. The Bertz CT molecular complexity index is 608. The van der Waals surface area contributed by atoms with Gasteiger partial charge in [-0.2, -0.15) is 0 Å². The van der Waals surface area contributed by atoms with Gasteiger partial charge < -0.3 is 19.8 Å². The monoisotopic (exact) mass is 420 g/mol.